The SMILES string of the molecule is CCCCCc1ccc(N2c3cc4ccccc4c(-c4cc5oc6ccccc6c5cc4Nc4ccc(C)cc4)c3[B]c3sc4ccccc4c32)c(-c2ccccc2)c1. The van der Waals surface area contributed by atoms with Crippen molar-refractivity contribution in [3.63, 3.8) is 0 Å². The Kier molecular flexibility index (Phi) is 8.85. The molecule has 2 aromatic heterocycles. The molecule has 0 unspecified atom stereocenters. The van der Waals surface area contributed by atoms with Crippen molar-refractivity contribution < 1.29 is 4.42 Å². The molecular weight excluding hydrogens is 735 g/mol. The zero-order chi connectivity index (χ0) is 39.5. The fourth-order valence-electron chi connectivity index (χ4n) is 9.09. The molecule has 0 saturated carbocycles. The molecule has 0 amide bonds. The van der Waals surface area contributed by atoms with Gasteiger partial charge in [-0.3, -0.25) is 0 Å². The number of thiophene rings is 1. The van der Waals surface area contributed by atoms with Crippen LogP contribution in [-0.4, -0.2) is 7.28 Å². The Hall–Kier alpha value is -6.56. The Morgan fingerprint density at radius 3 is 2.24 bits per heavy atom. The number of fused-ring (bicyclic) bond motifs is 8. The van der Waals surface area contributed by atoms with Crippen molar-refractivity contribution in [2.45, 2.75) is 39.5 Å². The van der Waals surface area contributed by atoms with Crippen LogP contribution >= 0.6 is 11.3 Å². The maximum Gasteiger partial charge on any atom is 0.211 e. The fraction of sp³-hybridized carbons (Fsp3) is 0.111. The van der Waals surface area contributed by atoms with Crippen LogP contribution < -0.4 is 20.5 Å². The number of hydrogen-bond acceptors (Lipinski definition) is 4. The van der Waals surface area contributed by atoms with Crippen molar-refractivity contribution in [1.82, 2.24) is 0 Å². The van der Waals surface area contributed by atoms with Crippen molar-refractivity contribution in [3.05, 3.63) is 175 Å². The lowest BCUT2D eigenvalue weighted by Crippen LogP contribution is -2.39. The van der Waals surface area contributed by atoms with Gasteiger partial charge in [0.05, 0.1) is 11.4 Å². The Morgan fingerprint density at radius 1 is 0.627 bits per heavy atom. The summed E-state index contributed by atoms with van der Waals surface area (Å²) in [7, 11) is 2.45. The van der Waals surface area contributed by atoms with Crippen LogP contribution in [0.3, 0.4) is 0 Å². The molecule has 3 heterocycles. The molecule has 0 atom stereocenters. The minimum atomic E-state index is 0.873. The summed E-state index contributed by atoms with van der Waals surface area (Å²) in [5.74, 6) is 0. The van der Waals surface area contributed by atoms with Gasteiger partial charge in [0, 0.05) is 49.0 Å². The lowest BCUT2D eigenvalue weighted by molar-refractivity contribution is 0.669. The number of nitrogens with one attached hydrogen (secondary N) is 1. The number of para-hydroxylation sites is 1. The first kappa shape index (κ1) is 35.6. The summed E-state index contributed by atoms with van der Waals surface area (Å²) in [6.07, 6.45) is 4.70. The largest absolute Gasteiger partial charge is 0.456 e. The normalized spacial score (nSPS) is 12.3. The average Bonchev–Trinajstić information content (AvgIpc) is 3.83. The van der Waals surface area contributed by atoms with Gasteiger partial charge in [-0.15, -0.1) is 11.3 Å². The predicted molar refractivity (Wildman–Crippen MR) is 255 cm³/mol. The second-order valence-electron chi connectivity index (χ2n) is 15.9. The minimum absolute atomic E-state index is 0.873. The first-order valence-electron chi connectivity index (χ1n) is 20.8. The number of benzene rings is 8. The summed E-state index contributed by atoms with van der Waals surface area (Å²) in [6, 6.07) is 59.9. The van der Waals surface area contributed by atoms with Gasteiger partial charge in [-0.1, -0.05) is 135 Å². The van der Waals surface area contributed by atoms with Crippen molar-refractivity contribution in [3.8, 4) is 22.3 Å². The summed E-state index contributed by atoms with van der Waals surface area (Å²) in [5.41, 5.74) is 16.0. The standard InChI is InChI=1S/C54H42BN2OS/c1-3-4-6-15-35-26-29-46(42(30-35)36-16-7-5-8-17-36)57-47-31-37-18-9-10-19-39(37)51(52(47)55-54-53(57)41-21-12-14-23-50(41)59-54)44-33-49-43(40-20-11-13-22-48(40)58-49)32-45(44)56-38-27-24-34(2)25-28-38/h5,7-14,16-33,56H,3-4,6,15H2,1-2H3. The maximum absolute atomic E-state index is 6.64. The topological polar surface area (TPSA) is 28.4 Å². The first-order valence-corrected chi connectivity index (χ1v) is 21.6. The molecule has 59 heavy (non-hydrogen) atoms. The van der Waals surface area contributed by atoms with Gasteiger partial charge in [0.2, 0.25) is 7.28 Å². The number of nitrogens with zero attached hydrogens (tertiary/aromatic N) is 1. The van der Waals surface area contributed by atoms with Crippen molar-refractivity contribution >= 4 is 100 Å². The molecule has 1 aliphatic heterocycles. The molecule has 0 spiro atoms. The van der Waals surface area contributed by atoms with E-state index in [0.717, 1.165) is 51.0 Å². The number of furan rings is 1. The summed E-state index contributed by atoms with van der Waals surface area (Å²) in [6.45, 7) is 4.41. The Bertz CT molecular complexity index is 3200. The van der Waals surface area contributed by atoms with E-state index in [9.17, 15) is 0 Å². The van der Waals surface area contributed by atoms with E-state index in [0.29, 0.717) is 0 Å². The predicted octanol–water partition coefficient (Wildman–Crippen LogP) is 14.5. The maximum atomic E-state index is 6.64. The van der Waals surface area contributed by atoms with Crippen LogP contribution in [-0.2, 0) is 6.42 Å². The van der Waals surface area contributed by atoms with E-state index in [4.69, 9.17) is 4.42 Å². The molecule has 0 fully saturated rings. The number of hydrogen-bond donors (Lipinski definition) is 1. The van der Waals surface area contributed by atoms with Gasteiger partial charge in [0.1, 0.15) is 11.2 Å². The molecule has 3 nitrogen and oxygen atoms in total. The van der Waals surface area contributed by atoms with E-state index in [1.165, 1.54) is 89.6 Å². The lowest BCUT2D eigenvalue weighted by Gasteiger charge is -2.35. The van der Waals surface area contributed by atoms with Crippen LogP contribution in [0.5, 0.6) is 0 Å². The molecule has 1 aliphatic rings. The molecule has 1 radical (unpaired) electrons. The van der Waals surface area contributed by atoms with Gasteiger partial charge in [-0.05, 0) is 112 Å². The van der Waals surface area contributed by atoms with E-state index >= 15 is 0 Å². The number of aryl methyl sites for hydroxylation is 2. The Labute approximate surface area is 349 Å². The number of anilines is 5. The number of unbranched alkanes of at least 4 members (excludes halogenated alkanes) is 2. The third-order valence-corrected chi connectivity index (χ3v) is 13.1. The van der Waals surface area contributed by atoms with Crippen molar-refractivity contribution in [2.24, 2.45) is 0 Å². The van der Waals surface area contributed by atoms with Crippen molar-refractivity contribution in [2.75, 3.05) is 10.2 Å². The van der Waals surface area contributed by atoms with E-state index in [1.807, 2.05) is 17.4 Å². The van der Waals surface area contributed by atoms with Crippen LogP contribution in [0, 0.1) is 6.92 Å². The summed E-state index contributed by atoms with van der Waals surface area (Å²) < 4.78 is 9.17. The van der Waals surface area contributed by atoms with E-state index in [1.54, 1.807) is 0 Å². The van der Waals surface area contributed by atoms with Crippen LogP contribution in [0.15, 0.2) is 168 Å². The third kappa shape index (κ3) is 6.20. The van der Waals surface area contributed by atoms with E-state index in [-0.39, 0.29) is 0 Å². The van der Waals surface area contributed by atoms with Gasteiger partial charge in [0.25, 0.3) is 0 Å². The molecule has 1 N–H and O–H groups in total. The zero-order valence-corrected chi connectivity index (χ0v) is 34.1. The lowest BCUT2D eigenvalue weighted by atomic mass is 9.61. The zero-order valence-electron chi connectivity index (χ0n) is 33.3. The monoisotopic (exact) mass is 777 g/mol. The fourth-order valence-corrected chi connectivity index (χ4v) is 10.2. The summed E-state index contributed by atoms with van der Waals surface area (Å²) in [5, 5.41) is 9.75. The summed E-state index contributed by atoms with van der Waals surface area (Å²) >= 11 is 1.87. The first-order chi connectivity index (χ1) is 29.1. The molecule has 10 aromatic rings. The Balaban J connectivity index is 1.22. The highest BCUT2D eigenvalue weighted by Gasteiger charge is 2.33. The highest BCUT2D eigenvalue weighted by molar-refractivity contribution is 7.29. The van der Waals surface area contributed by atoms with Gasteiger partial charge < -0.3 is 14.6 Å². The highest BCUT2D eigenvalue weighted by Crippen LogP contribution is 2.49. The van der Waals surface area contributed by atoms with E-state index in [2.05, 4.69) is 189 Å². The molecule has 0 bridgehead atoms. The second kappa shape index (κ2) is 14.7. The van der Waals surface area contributed by atoms with Crippen molar-refractivity contribution in [1.29, 1.82) is 0 Å². The van der Waals surface area contributed by atoms with E-state index < -0.39 is 0 Å². The molecule has 11 rings (SSSR count). The summed E-state index contributed by atoms with van der Waals surface area (Å²) in [4.78, 5) is 2.57. The van der Waals surface area contributed by atoms with Crippen LogP contribution in [0.2, 0.25) is 0 Å². The highest BCUT2D eigenvalue weighted by atomic mass is 32.1. The smallest absolute Gasteiger partial charge is 0.211 e. The van der Waals surface area contributed by atoms with Gasteiger partial charge in [-0.2, -0.15) is 0 Å². The second-order valence-corrected chi connectivity index (χ2v) is 16.9. The van der Waals surface area contributed by atoms with Gasteiger partial charge >= 0.3 is 0 Å². The van der Waals surface area contributed by atoms with Crippen LogP contribution in [0.1, 0.15) is 37.3 Å². The quantitative estimate of drug-likeness (QED) is 0.117. The number of rotatable bonds is 9. The molecule has 0 aliphatic carbocycles. The molecule has 283 valence electrons. The third-order valence-electron chi connectivity index (χ3n) is 12.0. The minimum Gasteiger partial charge on any atom is -0.456 e. The van der Waals surface area contributed by atoms with Crippen LogP contribution in [0.25, 0.3) is 65.1 Å². The average molecular weight is 778 g/mol. The van der Waals surface area contributed by atoms with Crippen LogP contribution in [0.4, 0.5) is 28.4 Å². The molecule has 0 saturated heterocycles. The molecule has 8 aromatic carbocycles. The van der Waals surface area contributed by atoms with Gasteiger partial charge in [0.15, 0.2) is 0 Å². The Morgan fingerprint density at radius 2 is 1.39 bits per heavy atom. The molecular formula is C54H42BN2OS. The molecule has 5 heteroatoms. The van der Waals surface area contributed by atoms with Gasteiger partial charge in [-0.25, -0.2) is 0 Å².